The molecule has 37 heavy (non-hydrogen) atoms. The van der Waals surface area contributed by atoms with Crippen molar-refractivity contribution in [2.24, 2.45) is 11.8 Å². The van der Waals surface area contributed by atoms with E-state index < -0.39 is 0 Å². The van der Waals surface area contributed by atoms with Crippen LogP contribution in [0.5, 0.6) is 5.75 Å². The van der Waals surface area contributed by atoms with E-state index in [0.717, 1.165) is 60.6 Å². The van der Waals surface area contributed by atoms with Crippen LogP contribution in [0.3, 0.4) is 0 Å². The molecule has 0 aliphatic heterocycles. The quantitative estimate of drug-likeness (QED) is 0.303. The summed E-state index contributed by atoms with van der Waals surface area (Å²) < 4.78 is 9.83. The summed E-state index contributed by atoms with van der Waals surface area (Å²) in [7, 11) is 3.33. The number of hydrogen-bond acceptors (Lipinski definition) is 5. The maximum Gasteiger partial charge on any atom is 0.227 e. The average molecular weight is 512 g/mol. The summed E-state index contributed by atoms with van der Waals surface area (Å²) in [6, 6.07) is 11.0. The van der Waals surface area contributed by atoms with Gasteiger partial charge in [0.15, 0.2) is 5.78 Å². The van der Waals surface area contributed by atoms with E-state index in [0.29, 0.717) is 11.1 Å². The molecular formula is C31H45NO5. The third kappa shape index (κ3) is 10.9. The van der Waals surface area contributed by atoms with E-state index in [4.69, 9.17) is 4.74 Å². The molecule has 1 aliphatic carbocycles. The zero-order valence-electron chi connectivity index (χ0n) is 23.7. The van der Waals surface area contributed by atoms with Crippen molar-refractivity contribution in [2.45, 2.75) is 73.1 Å². The maximum atomic E-state index is 12.3. The Morgan fingerprint density at radius 1 is 1.00 bits per heavy atom. The van der Waals surface area contributed by atoms with Crippen LogP contribution in [0.1, 0.15) is 91.6 Å². The first kappa shape index (κ1) is 32.0. The lowest BCUT2D eigenvalue weighted by Crippen LogP contribution is -2.27. The highest BCUT2D eigenvalue weighted by Gasteiger charge is 2.25. The first-order chi connectivity index (χ1) is 17.7. The fourth-order valence-corrected chi connectivity index (χ4v) is 4.30. The molecule has 0 atom stereocenters. The van der Waals surface area contributed by atoms with Crippen LogP contribution in [0.2, 0.25) is 0 Å². The van der Waals surface area contributed by atoms with Gasteiger partial charge in [-0.2, -0.15) is 0 Å². The molecule has 6 nitrogen and oxygen atoms in total. The number of benzene rings is 2. The number of rotatable bonds is 8. The Morgan fingerprint density at radius 3 is 2.14 bits per heavy atom. The lowest BCUT2D eigenvalue weighted by atomic mass is 9.80. The van der Waals surface area contributed by atoms with Crippen molar-refractivity contribution in [2.75, 3.05) is 26.1 Å². The maximum absolute atomic E-state index is 12.3. The van der Waals surface area contributed by atoms with E-state index in [9.17, 15) is 14.4 Å². The van der Waals surface area contributed by atoms with Gasteiger partial charge in [-0.05, 0) is 82.1 Å². The SMILES string of the molecule is CCC1CCC(C(=O)Nc2ccc(C)c(OC)c2)CC1.CCOC.CCc1cc(C=O)ccc1C(C)=O. The molecule has 1 amide bonds. The topological polar surface area (TPSA) is 81.7 Å². The van der Waals surface area contributed by atoms with E-state index in [1.54, 1.807) is 32.4 Å². The van der Waals surface area contributed by atoms with Crippen molar-refractivity contribution in [1.29, 1.82) is 0 Å². The summed E-state index contributed by atoms with van der Waals surface area (Å²) in [5.41, 5.74) is 4.19. The van der Waals surface area contributed by atoms with Gasteiger partial charge in [-0.1, -0.05) is 38.5 Å². The molecule has 2 aromatic rings. The van der Waals surface area contributed by atoms with Crippen LogP contribution in [-0.2, 0) is 16.0 Å². The number of ketones is 1. The summed E-state index contributed by atoms with van der Waals surface area (Å²) in [5, 5.41) is 3.03. The summed E-state index contributed by atoms with van der Waals surface area (Å²) in [6.07, 6.45) is 7.22. The minimum absolute atomic E-state index is 0.0503. The van der Waals surface area contributed by atoms with E-state index in [2.05, 4.69) is 17.0 Å². The van der Waals surface area contributed by atoms with Crippen LogP contribution in [0.4, 0.5) is 5.69 Å². The standard InChI is InChI=1S/C17H25NO2.C11H12O2.C3H8O/c1-4-13-6-8-14(9-7-13)17(19)18-15-10-5-12(2)16(11-15)20-3;1-3-10-6-9(7-12)4-5-11(10)8(2)13;1-3-4-2/h5,10-11,13-14H,4,6-9H2,1-3H3,(H,18,19);4-7H,3H2,1-2H3;3H2,1-2H3. The first-order valence-corrected chi connectivity index (χ1v) is 13.3. The number of amides is 1. The van der Waals surface area contributed by atoms with Crippen molar-refractivity contribution < 1.29 is 23.9 Å². The van der Waals surface area contributed by atoms with Gasteiger partial charge < -0.3 is 14.8 Å². The molecule has 1 saturated carbocycles. The summed E-state index contributed by atoms with van der Waals surface area (Å²) in [5.74, 6) is 2.01. The second-order valence-corrected chi connectivity index (χ2v) is 9.32. The smallest absolute Gasteiger partial charge is 0.227 e. The Morgan fingerprint density at radius 2 is 1.65 bits per heavy atom. The molecule has 0 radical (unpaired) electrons. The van der Waals surface area contributed by atoms with Crippen LogP contribution in [-0.4, -0.2) is 38.8 Å². The number of carbonyl (C=O) groups excluding carboxylic acids is 3. The molecule has 0 spiro atoms. The summed E-state index contributed by atoms with van der Waals surface area (Å²) >= 11 is 0. The number of carbonyl (C=O) groups is 3. The number of aryl methyl sites for hydroxylation is 2. The second kappa shape index (κ2) is 17.5. The molecule has 1 aliphatic rings. The van der Waals surface area contributed by atoms with Gasteiger partial charge in [-0.15, -0.1) is 0 Å². The minimum atomic E-state index is 0.0503. The number of ether oxygens (including phenoxy) is 2. The average Bonchev–Trinajstić information content (AvgIpc) is 2.93. The Labute approximate surface area is 223 Å². The Hall–Kier alpha value is -2.99. The van der Waals surface area contributed by atoms with Gasteiger partial charge >= 0.3 is 0 Å². The van der Waals surface area contributed by atoms with E-state index in [1.807, 2.05) is 39.0 Å². The van der Waals surface area contributed by atoms with Crippen molar-refractivity contribution in [1.82, 2.24) is 0 Å². The highest BCUT2D eigenvalue weighted by Crippen LogP contribution is 2.31. The largest absolute Gasteiger partial charge is 0.496 e. The monoisotopic (exact) mass is 511 g/mol. The Bertz CT molecular complexity index is 991. The highest BCUT2D eigenvalue weighted by molar-refractivity contribution is 5.96. The van der Waals surface area contributed by atoms with Crippen molar-refractivity contribution in [3.8, 4) is 5.75 Å². The zero-order chi connectivity index (χ0) is 27.8. The van der Waals surface area contributed by atoms with E-state index in [-0.39, 0.29) is 17.6 Å². The minimum Gasteiger partial charge on any atom is -0.496 e. The normalized spacial score (nSPS) is 16.3. The molecule has 0 bridgehead atoms. The van der Waals surface area contributed by atoms with Crippen molar-refractivity contribution >= 4 is 23.7 Å². The molecule has 0 unspecified atom stereocenters. The van der Waals surface area contributed by atoms with Crippen LogP contribution in [0.25, 0.3) is 0 Å². The number of Topliss-reactive ketones (excluding diaryl/α,β-unsaturated/α-hetero) is 1. The fraction of sp³-hybridized carbons (Fsp3) is 0.516. The molecule has 204 valence electrons. The highest BCUT2D eigenvalue weighted by atomic mass is 16.5. The molecule has 0 saturated heterocycles. The molecule has 0 heterocycles. The molecule has 2 aromatic carbocycles. The summed E-state index contributed by atoms with van der Waals surface area (Å²) in [6.45, 7) is 10.5. The fourth-order valence-electron chi connectivity index (χ4n) is 4.30. The predicted molar refractivity (Wildman–Crippen MR) is 151 cm³/mol. The second-order valence-electron chi connectivity index (χ2n) is 9.32. The molecular weight excluding hydrogens is 466 g/mol. The number of anilines is 1. The van der Waals surface area contributed by atoms with Gasteiger partial charge in [0.25, 0.3) is 0 Å². The molecule has 0 aromatic heterocycles. The van der Waals surface area contributed by atoms with Gasteiger partial charge in [0.05, 0.1) is 7.11 Å². The van der Waals surface area contributed by atoms with Crippen LogP contribution < -0.4 is 10.1 Å². The van der Waals surface area contributed by atoms with Crippen LogP contribution in [0, 0.1) is 18.8 Å². The van der Waals surface area contributed by atoms with Gasteiger partial charge in [-0.3, -0.25) is 14.4 Å². The zero-order valence-corrected chi connectivity index (χ0v) is 23.7. The molecule has 6 heteroatoms. The van der Waals surface area contributed by atoms with E-state index >= 15 is 0 Å². The van der Waals surface area contributed by atoms with Crippen LogP contribution >= 0.6 is 0 Å². The van der Waals surface area contributed by atoms with Gasteiger partial charge in [0, 0.05) is 42.5 Å². The molecule has 1 fully saturated rings. The van der Waals surface area contributed by atoms with Crippen molar-refractivity contribution in [3.05, 3.63) is 58.7 Å². The number of hydrogen-bond donors (Lipinski definition) is 1. The van der Waals surface area contributed by atoms with Gasteiger partial charge in [-0.25, -0.2) is 0 Å². The molecule has 1 N–H and O–H groups in total. The molecule has 3 rings (SSSR count). The predicted octanol–water partition coefficient (Wildman–Crippen LogP) is 7.08. The first-order valence-electron chi connectivity index (χ1n) is 13.3. The summed E-state index contributed by atoms with van der Waals surface area (Å²) in [4.78, 5) is 33.9. The third-order valence-electron chi connectivity index (χ3n) is 6.78. The lowest BCUT2D eigenvalue weighted by Gasteiger charge is -2.27. The number of aldehydes is 1. The van der Waals surface area contributed by atoms with Crippen LogP contribution in [0.15, 0.2) is 36.4 Å². The van der Waals surface area contributed by atoms with Gasteiger partial charge in [0.2, 0.25) is 5.91 Å². The Balaban J connectivity index is 0.000000346. The third-order valence-corrected chi connectivity index (χ3v) is 6.78. The number of methoxy groups -OCH3 is 2. The van der Waals surface area contributed by atoms with Crippen molar-refractivity contribution in [3.63, 3.8) is 0 Å². The lowest BCUT2D eigenvalue weighted by molar-refractivity contribution is -0.121. The van der Waals surface area contributed by atoms with E-state index in [1.165, 1.54) is 26.2 Å². The Kier molecular flexibility index (Phi) is 15.1. The number of nitrogens with one attached hydrogen (secondary N) is 1. The van der Waals surface area contributed by atoms with Gasteiger partial charge in [0.1, 0.15) is 12.0 Å².